The molecule has 0 radical (unpaired) electrons. The summed E-state index contributed by atoms with van der Waals surface area (Å²) in [5.74, 6) is 0.456. The monoisotopic (exact) mass is 245 g/mol. The van der Waals surface area contributed by atoms with Gasteiger partial charge in [-0.2, -0.15) is 0 Å². The average Bonchev–Trinajstić information content (AvgIpc) is 2.34. The summed E-state index contributed by atoms with van der Waals surface area (Å²) < 4.78 is 4.90. The maximum Gasteiger partial charge on any atom is 0.237 e. The molecule has 0 aromatic rings. The molecular formula is C12H27N3O2. The Hall–Kier alpha value is -0.650. The Morgan fingerprint density at radius 3 is 2.59 bits per heavy atom. The van der Waals surface area contributed by atoms with E-state index in [1.807, 2.05) is 6.92 Å². The van der Waals surface area contributed by atoms with Crippen LogP contribution in [0.15, 0.2) is 0 Å². The molecule has 2 unspecified atom stereocenters. The Morgan fingerprint density at radius 1 is 1.47 bits per heavy atom. The average molecular weight is 245 g/mol. The van der Waals surface area contributed by atoms with Crippen LogP contribution in [0.4, 0.5) is 0 Å². The summed E-state index contributed by atoms with van der Waals surface area (Å²) in [6.45, 7) is 9.53. The van der Waals surface area contributed by atoms with Crippen molar-refractivity contribution in [3.05, 3.63) is 0 Å². The van der Waals surface area contributed by atoms with Gasteiger partial charge in [0, 0.05) is 20.2 Å². The third kappa shape index (κ3) is 6.61. The molecule has 0 bridgehead atoms. The number of hydrogen-bond donors (Lipinski definition) is 2. The van der Waals surface area contributed by atoms with Gasteiger partial charge in [0.1, 0.15) is 0 Å². The van der Waals surface area contributed by atoms with Crippen molar-refractivity contribution >= 4 is 5.91 Å². The van der Waals surface area contributed by atoms with Crippen LogP contribution in [0.1, 0.15) is 20.8 Å². The maximum absolute atomic E-state index is 11.8. The smallest absolute Gasteiger partial charge is 0.237 e. The number of hydrogen-bond acceptors (Lipinski definition) is 4. The molecule has 5 nitrogen and oxygen atoms in total. The third-order valence-corrected chi connectivity index (χ3v) is 2.89. The van der Waals surface area contributed by atoms with Crippen LogP contribution in [0.5, 0.6) is 0 Å². The van der Waals surface area contributed by atoms with Crippen molar-refractivity contribution < 1.29 is 9.53 Å². The molecule has 0 saturated heterocycles. The third-order valence-electron chi connectivity index (χ3n) is 2.89. The number of carbonyl (C=O) groups is 1. The SMILES string of the molecule is CCN(CC(C)CN)C(C)C(=O)NCCOC. The number of methoxy groups -OCH3 is 1. The number of nitrogens with two attached hydrogens (primary N) is 1. The number of likely N-dealkylation sites (N-methyl/N-ethyl adjacent to an activating group) is 1. The van der Waals surface area contributed by atoms with Gasteiger partial charge in [0.25, 0.3) is 0 Å². The minimum absolute atomic E-state index is 0.0492. The summed E-state index contributed by atoms with van der Waals surface area (Å²) in [6, 6.07) is -0.120. The van der Waals surface area contributed by atoms with Crippen LogP contribution >= 0.6 is 0 Å². The maximum atomic E-state index is 11.8. The zero-order valence-corrected chi connectivity index (χ0v) is 11.5. The molecule has 0 aromatic heterocycles. The topological polar surface area (TPSA) is 67.6 Å². The lowest BCUT2D eigenvalue weighted by Gasteiger charge is -2.29. The molecule has 0 aliphatic heterocycles. The number of rotatable bonds is 9. The summed E-state index contributed by atoms with van der Waals surface area (Å²) in [5.41, 5.74) is 5.61. The Bertz CT molecular complexity index is 212. The van der Waals surface area contributed by atoms with Crippen LogP contribution < -0.4 is 11.1 Å². The Morgan fingerprint density at radius 2 is 2.12 bits per heavy atom. The summed E-state index contributed by atoms with van der Waals surface area (Å²) in [6.07, 6.45) is 0. The number of ether oxygens (including phenoxy) is 1. The molecule has 0 heterocycles. The van der Waals surface area contributed by atoms with Crippen molar-refractivity contribution in [2.24, 2.45) is 11.7 Å². The molecule has 3 N–H and O–H groups in total. The van der Waals surface area contributed by atoms with Crippen LogP contribution in [-0.4, -0.2) is 56.7 Å². The molecule has 5 heteroatoms. The molecule has 0 spiro atoms. The Balaban J connectivity index is 4.12. The quantitative estimate of drug-likeness (QED) is 0.563. The van der Waals surface area contributed by atoms with E-state index >= 15 is 0 Å². The normalized spacial score (nSPS) is 14.7. The molecule has 2 atom stereocenters. The summed E-state index contributed by atoms with van der Waals surface area (Å²) in [5, 5.41) is 2.85. The van der Waals surface area contributed by atoms with Crippen molar-refractivity contribution in [2.75, 3.05) is 39.9 Å². The molecule has 0 rings (SSSR count). The molecule has 0 fully saturated rings. The summed E-state index contributed by atoms with van der Waals surface area (Å²) >= 11 is 0. The molecule has 102 valence electrons. The van der Waals surface area contributed by atoms with Gasteiger partial charge in [0.2, 0.25) is 5.91 Å². The van der Waals surface area contributed by atoms with Crippen LogP contribution in [0.25, 0.3) is 0 Å². The number of nitrogens with one attached hydrogen (secondary N) is 1. The molecule has 0 aliphatic carbocycles. The summed E-state index contributed by atoms with van der Waals surface area (Å²) in [4.78, 5) is 14.0. The first kappa shape index (κ1) is 16.4. The first-order valence-electron chi connectivity index (χ1n) is 6.27. The fraction of sp³-hybridized carbons (Fsp3) is 0.917. The van der Waals surface area contributed by atoms with Crippen molar-refractivity contribution in [1.29, 1.82) is 0 Å². The molecular weight excluding hydrogens is 218 g/mol. The van der Waals surface area contributed by atoms with E-state index in [2.05, 4.69) is 24.1 Å². The van der Waals surface area contributed by atoms with Crippen LogP contribution in [0.2, 0.25) is 0 Å². The van der Waals surface area contributed by atoms with Crippen LogP contribution in [-0.2, 0) is 9.53 Å². The van der Waals surface area contributed by atoms with Crippen LogP contribution in [0, 0.1) is 5.92 Å². The molecule has 0 aliphatic rings. The Kier molecular flexibility index (Phi) is 9.03. The van der Waals surface area contributed by atoms with E-state index in [4.69, 9.17) is 10.5 Å². The lowest BCUT2D eigenvalue weighted by molar-refractivity contribution is -0.126. The van der Waals surface area contributed by atoms with E-state index in [1.165, 1.54) is 0 Å². The minimum atomic E-state index is -0.120. The van der Waals surface area contributed by atoms with Crippen LogP contribution in [0.3, 0.4) is 0 Å². The van der Waals surface area contributed by atoms with Gasteiger partial charge in [0.15, 0.2) is 0 Å². The van der Waals surface area contributed by atoms with Gasteiger partial charge in [0.05, 0.1) is 12.6 Å². The highest BCUT2D eigenvalue weighted by atomic mass is 16.5. The second kappa shape index (κ2) is 9.39. The second-order valence-corrected chi connectivity index (χ2v) is 4.39. The molecule has 0 saturated carbocycles. The van der Waals surface area contributed by atoms with E-state index in [0.717, 1.165) is 13.1 Å². The fourth-order valence-electron chi connectivity index (χ4n) is 1.63. The summed E-state index contributed by atoms with van der Waals surface area (Å²) in [7, 11) is 1.62. The zero-order chi connectivity index (χ0) is 13.3. The van der Waals surface area contributed by atoms with Crippen molar-refractivity contribution in [3.8, 4) is 0 Å². The molecule has 0 aromatic carbocycles. The molecule has 1 amide bonds. The lowest BCUT2D eigenvalue weighted by Crippen LogP contribution is -2.47. The fourth-order valence-corrected chi connectivity index (χ4v) is 1.63. The zero-order valence-electron chi connectivity index (χ0n) is 11.5. The highest BCUT2D eigenvalue weighted by molar-refractivity contribution is 5.81. The predicted octanol–water partition coefficient (Wildman–Crippen LogP) is 0.0542. The van der Waals surface area contributed by atoms with E-state index in [1.54, 1.807) is 7.11 Å². The predicted molar refractivity (Wildman–Crippen MR) is 69.8 cm³/mol. The molecule has 17 heavy (non-hydrogen) atoms. The van der Waals surface area contributed by atoms with Crippen molar-refractivity contribution in [3.63, 3.8) is 0 Å². The van der Waals surface area contributed by atoms with E-state index < -0.39 is 0 Å². The second-order valence-electron chi connectivity index (χ2n) is 4.39. The van der Waals surface area contributed by atoms with Crippen molar-refractivity contribution in [2.45, 2.75) is 26.8 Å². The lowest BCUT2D eigenvalue weighted by atomic mass is 10.1. The number of carbonyl (C=O) groups excluding carboxylic acids is 1. The van der Waals surface area contributed by atoms with Gasteiger partial charge < -0.3 is 15.8 Å². The minimum Gasteiger partial charge on any atom is -0.383 e. The van der Waals surface area contributed by atoms with Gasteiger partial charge in [-0.05, 0) is 25.9 Å². The van der Waals surface area contributed by atoms with E-state index in [-0.39, 0.29) is 11.9 Å². The first-order valence-corrected chi connectivity index (χ1v) is 6.27. The largest absolute Gasteiger partial charge is 0.383 e. The standard InChI is InChI=1S/C12H27N3O2/c1-5-15(9-10(2)8-13)11(3)12(16)14-6-7-17-4/h10-11H,5-9,13H2,1-4H3,(H,14,16). The highest BCUT2D eigenvalue weighted by Crippen LogP contribution is 2.04. The number of amides is 1. The highest BCUT2D eigenvalue weighted by Gasteiger charge is 2.20. The van der Waals surface area contributed by atoms with E-state index in [0.29, 0.717) is 25.6 Å². The van der Waals surface area contributed by atoms with Gasteiger partial charge in [-0.3, -0.25) is 9.69 Å². The Labute approximate surface area is 105 Å². The van der Waals surface area contributed by atoms with E-state index in [9.17, 15) is 4.79 Å². The van der Waals surface area contributed by atoms with Gasteiger partial charge in [-0.15, -0.1) is 0 Å². The van der Waals surface area contributed by atoms with Gasteiger partial charge in [-0.25, -0.2) is 0 Å². The van der Waals surface area contributed by atoms with Gasteiger partial charge in [-0.1, -0.05) is 13.8 Å². The van der Waals surface area contributed by atoms with Gasteiger partial charge >= 0.3 is 0 Å². The number of nitrogens with zero attached hydrogens (tertiary/aromatic N) is 1. The first-order chi connectivity index (χ1) is 8.06. The van der Waals surface area contributed by atoms with Crippen molar-refractivity contribution in [1.82, 2.24) is 10.2 Å².